The molecule has 55 heavy (non-hydrogen) atoms. The molecule has 3 aromatic rings. The van der Waals surface area contributed by atoms with Gasteiger partial charge in [-0.3, -0.25) is 14.9 Å². The van der Waals surface area contributed by atoms with Gasteiger partial charge in [0, 0.05) is 44.0 Å². The molecule has 4 N–H and O–H groups in total. The minimum atomic E-state index is -5.08. The van der Waals surface area contributed by atoms with E-state index in [0.717, 1.165) is 44.8 Å². The van der Waals surface area contributed by atoms with Gasteiger partial charge in [0.2, 0.25) is 0 Å². The van der Waals surface area contributed by atoms with Crippen molar-refractivity contribution in [2.45, 2.75) is 49.6 Å². The molecule has 0 saturated carbocycles. The van der Waals surface area contributed by atoms with E-state index in [0.29, 0.717) is 0 Å². The van der Waals surface area contributed by atoms with E-state index in [2.05, 4.69) is 69.4 Å². The fraction of sp³-hybridized carbons (Fsp3) is 0.355. The number of carboxylic acid groups (broad SMARTS) is 4. The maximum Gasteiger partial charge on any atom is 0.490 e. The average Bonchev–Trinajstić information content (AvgIpc) is 3.61. The van der Waals surface area contributed by atoms with Crippen molar-refractivity contribution in [2.75, 3.05) is 24.5 Å². The summed E-state index contributed by atoms with van der Waals surface area (Å²) in [7, 11) is 0. The van der Waals surface area contributed by atoms with Crippen LogP contribution in [0.15, 0.2) is 73.1 Å². The molecule has 5 rings (SSSR count). The second kappa shape index (κ2) is 19.6. The zero-order chi connectivity index (χ0) is 42.4. The maximum absolute atomic E-state index is 10.6. The van der Waals surface area contributed by atoms with Crippen molar-refractivity contribution < 1.29 is 92.3 Å². The van der Waals surface area contributed by atoms with Crippen molar-refractivity contribution in [3.05, 3.63) is 90.0 Å². The van der Waals surface area contributed by atoms with Gasteiger partial charge in [0.25, 0.3) is 0 Å². The van der Waals surface area contributed by atoms with Gasteiger partial charge in [0.05, 0.1) is 17.1 Å². The van der Waals surface area contributed by atoms with Gasteiger partial charge in [-0.05, 0) is 42.8 Å². The minimum Gasteiger partial charge on any atom is -0.475 e. The Balaban J connectivity index is 0.000000442. The number of halogens is 12. The van der Waals surface area contributed by atoms with E-state index in [1.54, 1.807) is 0 Å². The zero-order valence-electron chi connectivity index (χ0n) is 27.4. The number of likely N-dealkylation sites (tertiary alicyclic amines) is 1. The van der Waals surface area contributed by atoms with Crippen LogP contribution < -0.4 is 4.90 Å². The number of hydrogen-bond donors (Lipinski definition) is 4. The number of anilines is 1. The normalized spacial score (nSPS) is 16.4. The first-order chi connectivity index (χ1) is 25.1. The molecule has 0 bridgehead atoms. The van der Waals surface area contributed by atoms with Gasteiger partial charge in [-0.2, -0.15) is 52.7 Å². The predicted molar refractivity (Wildman–Crippen MR) is 162 cm³/mol. The first-order valence-corrected chi connectivity index (χ1v) is 14.7. The molecule has 1 atom stereocenters. The van der Waals surface area contributed by atoms with Crippen molar-refractivity contribution in [3.8, 4) is 0 Å². The Morgan fingerprint density at radius 2 is 1.02 bits per heavy atom. The molecule has 2 aliphatic rings. The lowest BCUT2D eigenvalue weighted by molar-refractivity contribution is -0.193. The first-order valence-electron chi connectivity index (χ1n) is 14.7. The summed E-state index contributed by atoms with van der Waals surface area (Å²) in [5.41, 5.74) is 5.23. The Labute approximate surface area is 301 Å². The number of carbonyl (C=O) groups is 4. The highest BCUT2D eigenvalue weighted by atomic mass is 19.4. The number of aliphatic carboxylic acids is 4. The number of fused-ring (bicyclic) bond motifs is 2. The molecule has 1 aromatic carbocycles. The lowest BCUT2D eigenvalue weighted by Crippen LogP contribution is -2.36. The number of alkyl halides is 12. The number of benzene rings is 1. The molecule has 0 aliphatic carbocycles. The molecule has 1 spiro atoms. The van der Waals surface area contributed by atoms with Crippen molar-refractivity contribution in [1.82, 2.24) is 14.9 Å². The van der Waals surface area contributed by atoms with Crippen LogP contribution in [0.25, 0.3) is 0 Å². The average molecular weight is 813 g/mol. The second-order valence-corrected chi connectivity index (χ2v) is 11.0. The quantitative estimate of drug-likeness (QED) is 0.220. The summed E-state index contributed by atoms with van der Waals surface area (Å²) >= 11 is 0. The standard InChI is InChI=1S/C23H24N4.4C2HF3O2/c1-2-7-19(8-3-1)15-27-18-23(22-21(27)10-6-13-25-22)11-14-26(17-23)16-20-9-4-5-12-24-20;4*3-2(4,5)1(6)7/h1-10,12-13H,11,14-18H2;4*(H,6,7). The molecule has 2 aliphatic heterocycles. The molecule has 24 heteroatoms. The fourth-order valence-electron chi connectivity index (χ4n) is 4.67. The van der Waals surface area contributed by atoms with Crippen LogP contribution in [0.2, 0.25) is 0 Å². The fourth-order valence-corrected chi connectivity index (χ4v) is 4.67. The van der Waals surface area contributed by atoms with Crippen molar-refractivity contribution >= 4 is 29.6 Å². The molecule has 1 unspecified atom stereocenters. The van der Waals surface area contributed by atoms with E-state index in [-0.39, 0.29) is 5.41 Å². The highest BCUT2D eigenvalue weighted by molar-refractivity contribution is 5.74. The summed E-state index contributed by atoms with van der Waals surface area (Å²) in [4.78, 5) is 50.0. The number of nitrogens with zero attached hydrogens (tertiary/aromatic N) is 4. The summed E-state index contributed by atoms with van der Waals surface area (Å²) in [5.74, 6) is -11.0. The molecule has 2 aromatic heterocycles. The van der Waals surface area contributed by atoms with Gasteiger partial charge in [-0.1, -0.05) is 36.4 Å². The highest BCUT2D eigenvalue weighted by Gasteiger charge is 2.48. The number of aromatic nitrogens is 2. The number of carboxylic acids is 4. The highest BCUT2D eigenvalue weighted by Crippen LogP contribution is 2.45. The van der Waals surface area contributed by atoms with Crippen LogP contribution in [0.5, 0.6) is 0 Å². The maximum atomic E-state index is 10.6. The summed E-state index contributed by atoms with van der Waals surface area (Å²) in [5, 5.41) is 28.5. The second-order valence-electron chi connectivity index (χ2n) is 11.0. The van der Waals surface area contributed by atoms with Gasteiger partial charge >= 0.3 is 48.6 Å². The van der Waals surface area contributed by atoms with Crippen LogP contribution >= 0.6 is 0 Å². The van der Waals surface area contributed by atoms with Crippen LogP contribution in [0, 0.1) is 0 Å². The predicted octanol–water partition coefficient (Wildman–Crippen LogP) is 6.17. The van der Waals surface area contributed by atoms with E-state index in [9.17, 15) is 52.7 Å². The lowest BCUT2D eigenvalue weighted by atomic mass is 9.85. The summed E-state index contributed by atoms with van der Waals surface area (Å²) in [6, 6.07) is 21.2. The number of rotatable bonds is 4. The third-order valence-electron chi connectivity index (χ3n) is 6.85. The molecular formula is C31H28F12N4O8. The minimum absolute atomic E-state index is 0.139. The van der Waals surface area contributed by atoms with Gasteiger partial charge in [0.1, 0.15) is 0 Å². The Bertz CT molecular complexity index is 1610. The molecule has 1 fully saturated rings. The molecule has 0 amide bonds. The monoisotopic (exact) mass is 812 g/mol. The van der Waals surface area contributed by atoms with E-state index >= 15 is 0 Å². The Morgan fingerprint density at radius 3 is 1.44 bits per heavy atom. The molecule has 1 saturated heterocycles. The van der Waals surface area contributed by atoms with Crippen LogP contribution in [-0.4, -0.2) is 104 Å². The van der Waals surface area contributed by atoms with Gasteiger partial charge in [0.15, 0.2) is 0 Å². The first kappa shape index (κ1) is 47.3. The van der Waals surface area contributed by atoms with Crippen LogP contribution in [-0.2, 0) is 37.7 Å². The topological polar surface area (TPSA) is 181 Å². The zero-order valence-corrected chi connectivity index (χ0v) is 27.4. The Morgan fingerprint density at radius 1 is 0.582 bits per heavy atom. The SMILES string of the molecule is O=C(O)C(F)(F)F.O=C(O)C(F)(F)F.O=C(O)C(F)(F)F.O=C(O)C(F)(F)F.c1ccc(CN2CC3(CCN(Cc4ccccn4)C3)c3ncccc32)cc1. The Hall–Kier alpha value is -5.68. The van der Waals surface area contributed by atoms with Crippen molar-refractivity contribution in [3.63, 3.8) is 0 Å². The smallest absolute Gasteiger partial charge is 0.475 e. The molecule has 0 radical (unpaired) electrons. The largest absolute Gasteiger partial charge is 0.490 e. The van der Waals surface area contributed by atoms with E-state index < -0.39 is 48.6 Å². The lowest BCUT2D eigenvalue weighted by Gasteiger charge is -2.26. The van der Waals surface area contributed by atoms with Crippen LogP contribution in [0.3, 0.4) is 0 Å². The number of hydrogen-bond acceptors (Lipinski definition) is 8. The third kappa shape index (κ3) is 16.5. The summed E-state index contributed by atoms with van der Waals surface area (Å²) in [6.45, 7) is 5.07. The molecule has 304 valence electrons. The van der Waals surface area contributed by atoms with Crippen molar-refractivity contribution in [1.29, 1.82) is 0 Å². The summed E-state index contributed by atoms with van der Waals surface area (Å²) < 4.78 is 127. The van der Waals surface area contributed by atoms with Crippen LogP contribution in [0.4, 0.5) is 58.4 Å². The molecular weight excluding hydrogens is 784 g/mol. The van der Waals surface area contributed by atoms with Gasteiger partial charge < -0.3 is 25.3 Å². The molecule has 4 heterocycles. The third-order valence-corrected chi connectivity index (χ3v) is 6.85. The van der Waals surface area contributed by atoms with Crippen molar-refractivity contribution in [2.24, 2.45) is 0 Å². The van der Waals surface area contributed by atoms with Gasteiger partial charge in [-0.15, -0.1) is 0 Å². The summed E-state index contributed by atoms with van der Waals surface area (Å²) in [6.07, 6.45) is -15.3. The van der Waals surface area contributed by atoms with Gasteiger partial charge in [-0.25, -0.2) is 19.2 Å². The molecule has 12 nitrogen and oxygen atoms in total. The number of pyridine rings is 2. The van der Waals surface area contributed by atoms with E-state index in [1.165, 1.54) is 16.9 Å². The van der Waals surface area contributed by atoms with E-state index in [4.69, 9.17) is 44.6 Å². The Kier molecular flexibility index (Phi) is 16.9. The van der Waals surface area contributed by atoms with E-state index in [1.807, 2.05) is 18.5 Å². The van der Waals surface area contributed by atoms with Crippen LogP contribution in [0.1, 0.15) is 23.4 Å².